The third kappa shape index (κ3) is 3.36. The van der Waals surface area contributed by atoms with Gasteiger partial charge in [0.25, 0.3) is 5.91 Å². The molecule has 20 heavy (non-hydrogen) atoms. The zero-order valence-electron chi connectivity index (χ0n) is 11.1. The summed E-state index contributed by atoms with van der Waals surface area (Å²) in [6, 6.07) is 6.60. The fourth-order valence-electron chi connectivity index (χ4n) is 2.08. The SMILES string of the molecule is O=C(c1ccc(C#CCO)cc1)N1CCOCC1CO. The topological polar surface area (TPSA) is 70.0 Å². The Morgan fingerprint density at radius 2 is 2.10 bits per heavy atom. The van der Waals surface area contributed by atoms with E-state index in [9.17, 15) is 9.90 Å². The van der Waals surface area contributed by atoms with Crippen LogP contribution in [-0.2, 0) is 4.74 Å². The molecule has 0 aromatic heterocycles. The number of nitrogens with zero attached hydrogens (tertiary/aromatic N) is 1. The van der Waals surface area contributed by atoms with Crippen molar-refractivity contribution in [2.45, 2.75) is 6.04 Å². The normalized spacial score (nSPS) is 18.3. The number of hydrogen-bond acceptors (Lipinski definition) is 4. The molecule has 2 N–H and O–H groups in total. The quantitative estimate of drug-likeness (QED) is 0.737. The molecule has 1 unspecified atom stereocenters. The minimum Gasteiger partial charge on any atom is -0.394 e. The van der Waals surface area contributed by atoms with Gasteiger partial charge >= 0.3 is 0 Å². The monoisotopic (exact) mass is 275 g/mol. The maximum Gasteiger partial charge on any atom is 0.254 e. The van der Waals surface area contributed by atoms with Crippen molar-refractivity contribution in [3.63, 3.8) is 0 Å². The number of carbonyl (C=O) groups is 1. The molecule has 1 aromatic carbocycles. The van der Waals surface area contributed by atoms with E-state index in [1.807, 2.05) is 0 Å². The van der Waals surface area contributed by atoms with E-state index in [4.69, 9.17) is 9.84 Å². The van der Waals surface area contributed by atoms with Crippen molar-refractivity contribution >= 4 is 5.91 Å². The highest BCUT2D eigenvalue weighted by atomic mass is 16.5. The summed E-state index contributed by atoms with van der Waals surface area (Å²) < 4.78 is 5.26. The van der Waals surface area contributed by atoms with E-state index >= 15 is 0 Å². The third-order valence-corrected chi connectivity index (χ3v) is 3.14. The molecule has 106 valence electrons. The molecule has 1 amide bonds. The lowest BCUT2D eigenvalue weighted by Gasteiger charge is -2.34. The molecular formula is C15H17NO4. The number of rotatable bonds is 2. The number of hydrogen-bond donors (Lipinski definition) is 2. The minimum absolute atomic E-state index is 0.105. The highest BCUT2D eigenvalue weighted by Gasteiger charge is 2.27. The number of aliphatic hydroxyl groups excluding tert-OH is 2. The molecule has 1 atom stereocenters. The van der Waals surface area contributed by atoms with Crippen molar-refractivity contribution in [1.82, 2.24) is 4.90 Å². The molecule has 1 heterocycles. The van der Waals surface area contributed by atoms with Crippen LogP contribution < -0.4 is 0 Å². The number of amides is 1. The Hall–Kier alpha value is -1.87. The van der Waals surface area contributed by atoms with Crippen molar-refractivity contribution in [2.24, 2.45) is 0 Å². The van der Waals surface area contributed by atoms with Crippen LogP contribution in [0.1, 0.15) is 15.9 Å². The number of aliphatic hydroxyl groups is 2. The molecule has 1 saturated heterocycles. The summed E-state index contributed by atoms with van der Waals surface area (Å²) in [5.41, 5.74) is 1.30. The molecule has 0 bridgehead atoms. The van der Waals surface area contributed by atoms with Crippen LogP contribution in [0, 0.1) is 11.8 Å². The molecular weight excluding hydrogens is 258 g/mol. The molecule has 1 fully saturated rings. The maximum absolute atomic E-state index is 12.4. The highest BCUT2D eigenvalue weighted by molar-refractivity contribution is 5.94. The van der Waals surface area contributed by atoms with Gasteiger partial charge in [0.2, 0.25) is 0 Å². The first-order chi connectivity index (χ1) is 9.76. The Labute approximate surface area is 117 Å². The smallest absolute Gasteiger partial charge is 0.254 e. The van der Waals surface area contributed by atoms with Crippen molar-refractivity contribution < 1.29 is 19.7 Å². The molecule has 1 aliphatic heterocycles. The Bertz CT molecular complexity index is 515. The van der Waals surface area contributed by atoms with Crippen LogP contribution in [0.3, 0.4) is 0 Å². The summed E-state index contributed by atoms with van der Waals surface area (Å²) >= 11 is 0. The van der Waals surface area contributed by atoms with Crippen molar-refractivity contribution in [3.05, 3.63) is 35.4 Å². The zero-order chi connectivity index (χ0) is 14.4. The van der Waals surface area contributed by atoms with Crippen LogP contribution in [0.5, 0.6) is 0 Å². The van der Waals surface area contributed by atoms with Gasteiger partial charge < -0.3 is 19.8 Å². The molecule has 0 saturated carbocycles. The van der Waals surface area contributed by atoms with Gasteiger partial charge in [0.1, 0.15) is 6.61 Å². The Kier molecular flexibility index (Phi) is 5.13. The molecule has 1 aliphatic rings. The van der Waals surface area contributed by atoms with E-state index < -0.39 is 0 Å². The standard InChI is InChI=1S/C15H17NO4/c17-8-1-2-12-3-5-13(6-4-12)15(19)16-7-9-20-11-14(16)10-18/h3-6,14,17-18H,7-11H2. The first-order valence-corrected chi connectivity index (χ1v) is 6.45. The fourth-order valence-corrected chi connectivity index (χ4v) is 2.08. The average molecular weight is 275 g/mol. The molecule has 0 aliphatic carbocycles. The summed E-state index contributed by atoms with van der Waals surface area (Å²) in [5, 5.41) is 17.9. The van der Waals surface area contributed by atoms with Gasteiger partial charge in [-0.05, 0) is 24.3 Å². The van der Waals surface area contributed by atoms with Crippen LogP contribution in [0.2, 0.25) is 0 Å². The fraction of sp³-hybridized carbons (Fsp3) is 0.400. The first-order valence-electron chi connectivity index (χ1n) is 6.45. The Morgan fingerprint density at radius 3 is 2.75 bits per heavy atom. The third-order valence-electron chi connectivity index (χ3n) is 3.14. The summed E-state index contributed by atoms with van der Waals surface area (Å²) in [6.07, 6.45) is 0. The second kappa shape index (κ2) is 7.06. The molecule has 0 radical (unpaired) electrons. The Balaban J connectivity index is 2.12. The summed E-state index contributed by atoms with van der Waals surface area (Å²) in [6.45, 7) is 1.04. The van der Waals surface area contributed by atoms with Crippen LogP contribution in [-0.4, -0.2) is 60.0 Å². The lowest BCUT2D eigenvalue weighted by molar-refractivity contribution is -0.0183. The van der Waals surface area contributed by atoms with E-state index in [0.717, 1.165) is 5.56 Å². The summed E-state index contributed by atoms with van der Waals surface area (Å²) in [7, 11) is 0. The van der Waals surface area contributed by atoms with E-state index in [0.29, 0.717) is 25.3 Å². The number of ether oxygens (including phenoxy) is 1. The average Bonchev–Trinajstić information content (AvgIpc) is 2.52. The number of carbonyl (C=O) groups excluding carboxylic acids is 1. The lowest BCUT2D eigenvalue weighted by atomic mass is 10.1. The number of morpholine rings is 1. The van der Waals surface area contributed by atoms with Gasteiger partial charge in [0, 0.05) is 17.7 Å². The van der Waals surface area contributed by atoms with E-state index in [1.165, 1.54) is 0 Å². The lowest BCUT2D eigenvalue weighted by Crippen LogP contribution is -2.50. The van der Waals surface area contributed by atoms with Gasteiger partial charge in [-0.25, -0.2) is 0 Å². The second-order valence-corrected chi connectivity index (χ2v) is 4.45. The van der Waals surface area contributed by atoms with Gasteiger partial charge in [-0.15, -0.1) is 0 Å². The van der Waals surface area contributed by atoms with Gasteiger partial charge in [0.05, 0.1) is 25.9 Å². The van der Waals surface area contributed by atoms with Gasteiger partial charge in [0.15, 0.2) is 0 Å². The highest BCUT2D eigenvalue weighted by Crippen LogP contribution is 2.13. The second-order valence-electron chi connectivity index (χ2n) is 4.45. The molecule has 5 heteroatoms. The summed E-state index contributed by atoms with van der Waals surface area (Å²) in [4.78, 5) is 14.0. The molecule has 5 nitrogen and oxygen atoms in total. The predicted octanol–water partition coefficient (Wildman–Crippen LogP) is -0.136. The van der Waals surface area contributed by atoms with E-state index in [-0.39, 0.29) is 25.2 Å². The maximum atomic E-state index is 12.4. The van der Waals surface area contributed by atoms with Gasteiger partial charge in [-0.3, -0.25) is 4.79 Å². The molecule has 0 spiro atoms. The van der Waals surface area contributed by atoms with Crippen LogP contribution >= 0.6 is 0 Å². The molecule has 2 rings (SSSR count). The molecule has 1 aromatic rings. The number of benzene rings is 1. The van der Waals surface area contributed by atoms with E-state index in [1.54, 1.807) is 29.2 Å². The minimum atomic E-state index is -0.287. The summed E-state index contributed by atoms with van der Waals surface area (Å²) in [5.74, 6) is 5.21. The van der Waals surface area contributed by atoms with Gasteiger partial charge in [-0.1, -0.05) is 11.8 Å². The largest absolute Gasteiger partial charge is 0.394 e. The first kappa shape index (κ1) is 14.5. The van der Waals surface area contributed by atoms with Crippen molar-refractivity contribution in [2.75, 3.05) is 33.0 Å². The van der Waals surface area contributed by atoms with E-state index in [2.05, 4.69) is 11.8 Å². The van der Waals surface area contributed by atoms with Crippen molar-refractivity contribution in [3.8, 4) is 11.8 Å². The van der Waals surface area contributed by atoms with Crippen LogP contribution in [0.4, 0.5) is 0 Å². The zero-order valence-corrected chi connectivity index (χ0v) is 11.1. The Morgan fingerprint density at radius 1 is 1.35 bits per heavy atom. The van der Waals surface area contributed by atoms with Crippen LogP contribution in [0.15, 0.2) is 24.3 Å². The van der Waals surface area contributed by atoms with Crippen LogP contribution in [0.25, 0.3) is 0 Å². The predicted molar refractivity (Wildman–Crippen MR) is 73.1 cm³/mol. The van der Waals surface area contributed by atoms with Crippen molar-refractivity contribution in [1.29, 1.82) is 0 Å². The van der Waals surface area contributed by atoms with Gasteiger partial charge in [-0.2, -0.15) is 0 Å².